The Balaban J connectivity index is 1.52. The summed E-state index contributed by atoms with van der Waals surface area (Å²) in [6.07, 6.45) is 3.16. The van der Waals surface area contributed by atoms with Crippen molar-refractivity contribution in [2.45, 2.75) is 64.3 Å². The predicted octanol–water partition coefficient (Wildman–Crippen LogP) is 3.99. The molecule has 1 aliphatic heterocycles. The summed E-state index contributed by atoms with van der Waals surface area (Å²) in [6.45, 7) is 7.10. The quantitative estimate of drug-likeness (QED) is 0.589. The number of ether oxygens (including phenoxy) is 3. The Morgan fingerprint density at radius 2 is 2.00 bits per heavy atom. The largest absolute Gasteiger partial charge is 0.487 e. The molecule has 5 rings (SSSR count). The molecule has 0 N–H and O–H groups in total. The molecule has 31 heavy (non-hydrogen) atoms. The van der Waals surface area contributed by atoms with E-state index in [2.05, 4.69) is 14.5 Å². The molecule has 162 valence electrons. The van der Waals surface area contributed by atoms with Crippen LogP contribution in [-0.4, -0.2) is 44.4 Å². The fourth-order valence-corrected chi connectivity index (χ4v) is 4.70. The van der Waals surface area contributed by atoms with Crippen molar-refractivity contribution in [3.63, 3.8) is 0 Å². The SMILES string of the molecule is CC(=O)c1cc(F)ccc1O[C@H]1C[C@@H](n2ccc3c(C)ncnc32)[C@@H]2OC(C)(C)O[C@@H]21. The molecular weight excluding hydrogens is 401 g/mol. The van der Waals surface area contributed by atoms with Crippen LogP contribution in [-0.2, 0) is 9.47 Å². The van der Waals surface area contributed by atoms with Gasteiger partial charge in [0, 0.05) is 18.0 Å². The number of nitrogens with zero attached hydrogens (tertiary/aromatic N) is 3. The first-order valence-corrected chi connectivity index (χ1v) is 10.3. The summed E-state index contributed by atoms with van der Waals surface area (Å²) in [4.78, 5) is 20.8. The maximum Gasteiger partial charge on any atom is 0.164 e. The minimum absolute atomic E-state index is 0.0789. The van der Waals surface area contributed by atoms with Gasteiger partial charge in [-0.25, -0.2) is 14.4 Å². The van der Waals surface area contributed by atoms with Crippen molar-refractivity contribution in [2.75, 3.05) is 0 Å². The standard InChI is InChI=1S/C23H24FN3O4/c1-12-15-7-8-27(22(15)26-11-25-12)17-10-19(21-20(17)30-23(3,4)31-21)29-18-6-5-14(24)9-16(18)13(2)28/h5-9,11,17,19-21H,10H2,1-4H3/t17-,19+,20+,21-/m1/s1. The van der Waals surface area contributed by atoms with E-state index in [1.165, 1.54) is 25.1 Å². The Morgan fingerprint density at radius 1 is 1.23 bits per heavy atom. The van der Waals surface area contributed by atoms with Gasteiger partial charge in [0.2, 0.25) is 0 Å². The number of hydrogen-bond donors (Lipinski definition) is 0. The number of halogens is 1. The third-order valence-corrected chi connectivity index (χ3v) is 6.05. The molecule has 1 aliphatic carbocycles. The van der Waals surface area contributed by atoms with Crippen LogP contribution >= 0.6 is 0 Å². The van der Waals surface area contributed by atoms with Crippen molar-refractivity contribution >= 4 is 16.8 Å². The Morgan fingerprint density at radius 3 is 2.77 bits per heavy atom. The van der Waals surface area contributed by atoms with Gasteiger partial charge in [0.1, 0.15) is 41.9 Å². The van der Waals surface area contributed by atoms with Gasteiger partial charge in [-0.3, -0.25) is 4.79 Å². The number of rotatable bonds is 4. The molecule has 1 saturated heterocycles. The monoisotopic (exact) mass is 425 g/mol. The Bertz CT molecular complexity index is 1170. The average Bonchev–Trinajstić information content (AvgIpc) is 3.35. The maximum atomic E-state index is 13.7. The highest BCUT2D eigenvalue weighted by molar-refractivity contribution is 5.96. The topological polar surface area (TPSA) is 75.5 Å². The molecule has 0 amide bonds. The molecule has 3 aromatic rings. The Hall–Kier alpha value is -2.84. The fraction of sp³-hybridized carbons (Fsp3) is 0.435. The minimum atomic E-state index is -0.768. The van der Waals surface area contributed by atoms with Crippen molar-refractivity contribution < 1.29 is 23.4 Å². The molecule has 1 aromatic carbocycles. The van der Waals surface area contributed by atoms with Gasteiger partial charge >= 0.3 is 0 Å². The molecule has 0 radical (unpaired) electrons. The van der Waals surface area contributed by atoms with Crippen molar-refractivity contribution in [1.29, 1.82) is 0 Å². The number of fused-ring (bicyclic) bond motifs is 2. The predicted molar refractivity (Wildman–Crippen MR) is 111 cm³/mol. The number of aryl methyl sites for hydroxylation is 1. The molecular formula is C23H24FN3O4. The molecule has 0 unspecified atom stereocenters. The van der Waals surface area contributed by atoms with E-state index in [1.807, 2.05) is 33.0 Å². The van der Waals surface area contributed by atoms with E-state index in [1.54, 1.807) is 6.33 Å². The van der Waals surface area contributed by atoms with Crippen molar-refractivity contribution in [1.82, 2.24) is 14.5 Å². The normalized spacial score (nSPS) is 26.9. The Kier molecular flexibility index (Phi) is 4.60. The molecule has 0 bridgehead atoms. The third-order valence-electron chi connectivity index (χ3n) is 6.05. The number of ketones is 1. The summed E-state index contributed by atoms with van der Waals surface area (Å²) < 4.78 is 34.5. The zero-order valence-corrected chi connectivity index (χ0v) is 17.8. The van der Waals surface area contributed by atoms with Crippen molar-refractivity contribution in [3.8, 4) is 5.75 Å². The molecule has 3 heterocycles. The summed E-state index contributed by atoms with van der Waals surface area (Å²) in [5.74, 6) is -1.15. The first-order chi connectivity index (χ1) is 14.7. The lowest BCUT2D eigenvalue weighted by molar-refractivity contribution is -0.163. The van der Waals surface area contributed by atoms with Crippen LogP contribution in [0.15, 0.2) is 36.8 Å². The lowest BCUT2D eigenvalue weighted by Gasteiger charge is -2.25. The molecule has 2 aromatic heterocycles. The maximum absolute atomic E-state index is 13.7. The minimum Gasteiger partial charge on any atom is -0.487 e. The van der Waals surface area contributed by atoms with Crippen LogP contribution in [0.1, 0.15) is 49.3 Å². The van der Waals surface area contributed by atoms with Gasteiger partial charge < -0.3 is 18.8 Å². The number of carbonyl (C=O) groups excluding carboxylic acids is 1. The number of benzene rings is 1. The molecule has 2 aliphatic rings. The second-order valence-corrected chi connectivity index (χ2v) is 8.64. The van der Waals surface area contributed by atoms with E-state index in [0.29, 0.717) is 12.2 Å². The molecule has 8 heteroatoms. The Labute approximate surface area is 179 Å². The van der Waals surface area contributed by atoms with E-state index in [-0.39, 0.29) is 35.7 Å². The molecule has 1 saturated carbocycles. The number of hydrogen-bond acceptors (Lipinski definition) is 6. The van der Waals surface area contributed by atoms with Gasteiger partial charge in [0.15, 0.2) is 11.6 Å². The van der Waals surface area contributed by atoms with Gasteiger partial charge in [0.25, 0.3) is 0 Å². The second-order valence-electron chi connectivity index (χ2n) is 8.64. The second kappa shape index (κ2) is 7.10. The zero-order chi connectivity index (χ0) is 21.9. The summed E-state index contributed by atoms with van der Waals surface area (Å²) in [7, 11) is 0. The fourth-order valence-electron chi connectivity index (χ4n) is 4.70. The van der Waals surface area contributed by atoms with Crippen LogP contribution in [0.5, 0.6) is 5.75 Å². The molecule has 2 fully saturated rings. The zero-order valence-electron chi connectivity index (χ0n) is 17.8. The van der Waals surface area contributed by atoms with E-state index < -0.39 is 11.6 Å². The average molecular weight is 425 g/mol. The highest BCUT2D eigenvalue weighted by Crippen LogP contribution is 2.46. The first kappa shape index (κ1) is 20.1. The van der Waals surface area contributed by atoms with Crippen LogP contribution < -0.4 is 4.74 Å². The van der Waals surface area contributed by atoms with Crippen LogP contribution in [0, 0.1) is 12.7 Å². The van der Waals surface area contributed by atoms with Crippen molar-refractivity contribution in [2.24, 2.45) is 0 Å². The third kappa shape index (κ3) is 3.40. The van der Waals surface area contributed by atoms with Crippen LogP contribution in [0.4, 0.5) is 4.39 Å². The lowest BCUT2D eigenvalue weighted by Crippen LogP contribution is -2.33. The summed E-state index contributed by atoms with van der Waals surface area (Å²) in [5, 5.41) is 0.985. The van der Waals surface area contributed by atoms with E-state index in [0.717, 1.165) is 16.7 Å². The van der Waals surface area contributed by atoms with Gasteiger partial charge in [-0.1, -0.05) is 0 Å². The highest BCUT2D eigenvalue weighted by atomic mass is 19.1. The molecule has 4 atom stereocenters. The lowest BCUT2D eigenvalue weighted by atomic mass is 10.1. The van der Waals surface area contributed by atoms with E-state index in [4.69, 9.17) is 14.2 Å². The number of carbonyl (C=O) groups is 1. The smallest absolute Gasteiger partial charge is 0.164 e. The van der Waals surface area contributed by atoms with E-state index in [9.17, 15) is 9.18 Å². The van der Waals surface area contributed by atoms with E-state index >= 15 is 0 Å². The van der Waals surface area contributed by atoms with Crippen LogP contribution in [0.3, 0.4) is 0 Å². The van der Waals surface area contributed by atoms with Crippen LogP contribution in [0.25, 0.3) is 11.0 Å². The molecule has 0 spiro atoms. The van der Waals surface area contributed by atoms with Gasteiger partial charge in [-0.05, 0) is 52.0 Å². The van der Waals surface area contributed by atoms with Crippen molar-refractivity contribution in [3.05, 3.63) is 53.9 Å². The summed E-state index contributed by atoms with van der Waals surface area (Å²) >= 11 is 0. The van der Waals surface area contributed by atoms with Gasteiger partial charge in [-0.15, -0.1) is 0 Å². The summed E-state index contributed by atoms with van der Waals surface area (Å²) in [5.41, 5.74) is 1.96. The highest BCUT2D eigenvalue weighted by Gasteiger charge is 2.56. The number of aromatic nitrogens is 3. The van der Waals surface area contributed by atoms with Gasteiger partial charge in [-0.2, -0.15) is 0 Å². The van der Waals surface area contributed by atoms with Crippen LogP contribution in [0.2, 0.25) is 0 Å². The first-order valence-electron chi connectivity index (χ1n) is 10.3. The van der Waals surface area contributed by atoms with Gasteiger partial charge in [0.05, 0.1) is 17.3 Å². The summed E-state index contributed by atoms with van der Waals surface area (Å²) in [6, 6.07) is 5.92. The molecule has 7 nitrogen and oxygen atoms in total. The number of Topliss-reactive ketones (excluding diaryl/α,β-unsaturated/α-hetero) is 1.